The number of hydrogen-bond donors (Lipinski definition) is 1. The first-order chi connectivity index (χ1) is 7.56. The molecule has 100 valence electrons. The molecule has 0 spiro atoms. The van der Waals surface area contributed by atoms with E-state index in [0.29, 0.717) is 0 Å². The number of halogens is 3. The lowest BCUT2D eigenvalue weighted by Crippen LogP contribution is -2.69. The smallest absolute Gasteiger partial charge is 0.419 e. The number of nitrogens with one attached hydrogen (secondary N) is 1. The molecule has 0 radical (unpaired) electrons. The molecule has 0 amide bonds. The zero-order valence-corrected chi connectivity index (χ0v) is 9.98. The van der Waals surface area contributed by atoms with Gasteiger partial charge in [-0.25, -0.2) is 4.79 Å². The summed E-state index contributed by atoms with van der Waals surface area (Å²) in [6, 6.07) is 0. The van der Waals surface area contributed by atoms with Crippen LogP contribution < -0.4 is 5.32 Å². The second-order valence-electron chi connectivity index (χ2n) is 4.97. The van der Waals surface area contributed by atoms with Crippen LogP contribution >= 0.6 is 0 Å². The van der Waals surface area contributed by atoms with Crippen LogP contribution in [0.25, 0.3) is 0 Å². The maximum Gasteiger partial charge on any atom is 0.419 e. The normalized spacial score (nSPS) is 19.6. The summed E-state index contributed by atoms with van der Waals surface area (Å²) in [5, 5.41) is 2.48. The Labute approximate surface area is 97.5 Å². The van der Waals surface area contributed by atoms with Crippen LogP contribution in [-0.2, 0) is 14.3 Å². The van der Waals surface area contributed by atoms with E-state index in [-0.39, 0.29) is 13.1 Å². The molecule has 0 bridgehead atoms. The van der Waals surface area contributed by atoms with Crippen LogP contribution in [-0.4, -0.2) is 43.0 Å². The molecular weight excluding hydrogens is 239 g/mol. The Hall–Kier alpha value is -0.820. The van der Waals surface area contributed by atoms with Crippen LogP contribution in [0.2, 0.25) is 0 Å². The lowest BCUT2D eigenvalue weighted by molar-refractivity contribution is -0.292. The van der Waals surface area contributed by atoms with Crippen LogP contribution in [0, 0.1) is 0 Å². The molecule has 1 aliphatic heterocycles. The Morgan fingerprint density at radius 2 is 1.82 bits per heavy atom. The predicted octanol–water partition coefficient (Wildman–Crippen LogP) is 1.25. The first-order valence-corrected chi connectivity index (χ1v) is 5.19. The molecule has 7 heteroatoms. The maximum atomic E-state index is 12.6. The van der Waals surface area contributed by atoms with Crippen molar-refractivity contribution in [3.8, 4) is 0 Å². The van der Waals surface area contributed by atoms with Crippen molar-refractivity contribution >= 4 is 5.97 Å². The summed E-state index contributed by atoms with van der Waals surface area (Å²) in [5.41, 5.74) is -2.98. The molecule has 0 aliphatic carbocycles. The number of hydrogen-bond acceptors (Lipinski definition) is 4. The molecule has 1 rings (SSSR count). The molecule has 0 aromatic carbocycles. The minimum absolute atomic E-state index is 0.334. The Balaban J connectivity index is 2.47. The number of ether oxygens (including phenoxy) is 2. The van der Waals surface area contributed by atoms with E-state index in [2.05, 4.69) is 10.1 Å². The van der Waals surface area contributed by atoms with Crippen molar-refractivity contribution in [3.05, 3.63) is 0 Å². The molecule has 17 heavy (non-hydrogen) atoms. The van der Waals surface area contributed by atoms with E-state index in [1.165, 1.54) is 0 Å². The third kappa shape index (κ3) is 3.57. The highest BCUT2D eigenvalue weighted by molar-refractivity contribution is 5.71. The number of alkyl halides is 3. The van der Waals surface area contributed by atoms with Crippen molar-refractivity contribution in [1.29, 1.82) is 0 Å². The van der Waals surface area contributed by atoms with E-state index in [1.807, 2.05) is 0 Å². The Morgan fingerprint density at radius 1 is 1.29 bits per heavy atom. The summed E-state index contributed by atoms with van der Waals surface area (Å²) in [4.78, 5) is 11.2. The van der Waals surface area contributed by atoms with Crippen LogP contribution in [0.4, 0.5) is 13.2 Å². The van der Waals surface area contributed by atoms with Gasteiger partial charge in [0.1, 0.15) is 12.2 Å². The molecule has 1 heterocycles. The van der Waals surface area contributed by atoms with Gasteiger partial charge in [0.05, 0.1) is 0 Å². The van der Waals surface area contributed by atoms with Gasteiger partial charge in [-0.15, -0.1) is 0 Å². The van der Waals surface area contributed by atoms with Crippen LogP contribution in [0.15, 0.2) is 0 Å². The minimum Gasteiger partial charge on any atom is -0.458 e. The van der Waals surface area contributed by atoms with Gasteiger partial charge in [0.25, 0.3) is 0 Å². The molecule has 0 saturated carbocycles. The molecule has 0 aromatic rings. The highest BCUT2D eigenvalue weighted by atomic mass is 19.4. The van der Waals surface area contributed by atoms with Gasteiger partial charge in [0.2, 0.25) is 0 Å². The zero-order chi connectivity index (χ0) is 13.3. The summed E-state index contributed by atoms with van der Waals surface area (Å²) in [7, 11) is 0. The van der Waals surface area contributed by atoms with Crippen molar-refractivity contribution in [2.75, 3.05) is 19.7 Å². The highest BCUT2D eigenvalue weighted by Crippen LogP contribution is 2.36. The average molecular weight is 255 g/mol. The Bertz CT molecular complexity index is 292. The molecule has 1 fully saturated rings. The van der Waals surface area contributed by atoms with Crippen molar-refractivity contribution < 1.29 is 27.4 Å². The van der Waals surface area contributed by atoms with Crippen LogP contribution in [0.5, 0.6) is 0 Å². The summed E-state index contributed by atoms with van der Waals surface area (Å²) < 4.78 is 47.4. The minimum atomic E-state index is -4.49. The van der Waals surface area contributed by atoms with Gasteiger partial charge < -0.3 is 14.8 Å². The molecule has 1 saturated heterocycles. The van der Waals surface area contributed by atoms with E-state index in [0.717, 1.165) is 0 Å². The standard InChI is InChI=1S/C10H16F3NO3/c1-8(2,3)17-7(15)4-16-9(5-14-6-9)10(11,12)13/h14H,4-6H2,1-3H3. The van der Waals surface area contributed by atoms with E-state index >= 15 is 0 Å². The van der Waals surface area contributed by atoms with Crippen molar-refractivity contribution in [1.82, 2.24) is 5.32 Å². The zero-order valence-electron chi connectivity index (χ0n) is 9.98. The van der Waals surface area contributed by atoms with Crippen LogP contribution in [0.3, 0.4) is 0 Å². The molecule has 0 atom stereocenters. The number of rotatable bonds is 3. The lowest BCUT2D eigenvalue weighted by atomic mass is 9.96. The SMILES string of the molecule is CC(C)(C)OC(=O)COC1(C(F)(F)F)CNC1. The fraction of sp³-hybridized carbons (Fsp3) is 0.900. The lowest BCUT2D eigenvalue weighted by Gasteiger charge is -2.42. The van der Waals surface area contributed by atoms with Crippen LogP contribution in [0.1, 0.15) is 20.8 Å². The van der Waals surface area contributed by atoms with E-state index in [9.17, 15) is 18.0 Å². The van der Waals surface area contributed by atoms with Gasteiger partial charge in [-0.1, -0.05) is 0 Å². The molecule has 1 aliphatic rings. The summed E-state index contributed by atoms with van der Waals surface area (Å²) in [5.74, 6) is -0.798. The van der Waals surface area contributed by atoms with Gasteiger partial charge in [-0.05, 0) is 20.8 Å². The van der Waals surface area contributed by atoms with Crippen molar-refractivity contribution in [2.45, 2.75) is 38.1 Å². The number of carbonyl (C=O) groups excluding carboxylic acids is 1. The maximum absolute atomic E-state index is 12.6. The fourth-order valence-electron chi connectivity index (χ4n) is 1.30. The quantitative estimate of drug-likeness (QED) is 0.771. The Morgan fingerprint density at radius 3 is 2.12 bits per heavy atom. The summed E-state index contributed by atoms with van der Waals surface area (Å²) in [6.45, 7) is 3.54. The first kappa shape index (κ1) is 14.2. The molecule has 0 aromatic heterocycles. The third-order valence-corrected chi connectivity index (χ3v) is 2.22. The fourth-order valence-corrected chi connectivity index (χ4v) is 1.30. The largest absolute Gasteiger partial charge is 0.458 e. The number of esters is 1. The van der Waals surface area contributed by atoms with Gasteiger partial charge in [0, 0.05) is 13.1 Å². The van der Waals surface area contributed by atoms with Crippen molar-refractivity contribution in [3.63, 3.8) is 0 Å². The summed E-state index contributed by atoms with van der Waals surface area (Å²) >= 11 is 0. The second-order valence-corrected chi connectivity index (χ2v) is 4.97. The molecule has 4 nitrogen and oxygen atoms in total. The number of carbonyl (C=O) groups is 1. The second kappa shape index (κ2) is 4.45. The monoisotopic (exact) mass is 255 g/mol. The third-order valence-electron chi connectivity index (χ3n) is 2.22. The van der Waals surface area contributed by atoms with Gasteiger partial charge in [-0.3, -0.25) is 0 Å². The van der Waals surface area contributed by atoms with Gasteiger partial charge in [-0.2, -0.15) is 13.2 Å². The topological polar surface area (TPSA) is 47.6 Å². The summed E-state index contributed by atoms with van der Waals surface area (Å²) in [6.07, 6.45) is -4.49. The van der Waals surface area contributed by atoms with E-state index < -0.39 is 30.0 Å². The average Bonchev–Trinajstić information content (AvgIpc) is 1.94. The van der Waals surface area contributed by atoms with Gasteiger partial charge in [0.15, 0.2) is 5.60 Å². The van der Waals surface area contributed by atoms with E-state index in [1.54, 1.807) is 20.8 Å². The van der Waals surface area contributed by atoms with E-state index in [4.69, 9.17) is 4.74 Å². The molecular formula is C10H16F3NO3. The highest BCUT2D eigenvalue weighted by Gasteiger charge is 2.60. The van der Waals surface area contributed by atoms with Gasteiger partial charge >= 0.3 is 12.1 Å². The first-order valence-electron chi connectivity index (χ1n) is 5.19. The molecule has 0 unspecified atom stereocenters. The predicted molar refractivity (Wildman–Crippen MR) is 53.5 cm³/mol. The van der Waals surface area contributed by atoms with Crippen molar-refractivity contribution in [2.24, 2.45) is 0 Å². The Kier molecular flexibility index (Phi) is 3.73. The molecule has 1 N–H and O–H groups in total.